The topological polar surface area (TPSA) is 262 Å². The van der Waals surface area contributed by atoms with Gasteiger partial charge in [0.1, 0.15) is 42.3 Å². The van der Waals surface area contributed by atoms with Crippen molar-refractivity contribution in [2.45, 2.75) is 229 Å². The molecule has 9 rings (SSSR count). The Kier molecular flexibility index (Phi) is 25.5. The first kappa shape index (κ1) is 75.7. The zero-order valence-electron chi connectivity index (χ0n) is 58.7. The van der Waals surface area contributed by atoms with Gasteiger partial charge >= 0.3 is 6.18 Å². The maximum absolute atomic E-state index is 14.9. The number of aryl methyl sites for hydroxylation is 1. The first-order valence-electron chi connectivity index (χ1n) is 36.0. The molecule has 0 unspecified atom stereocenters. The molecular weight excluding hydrogens is 1300 g/mol. The van der Waals surface area contributed by atoms with Gasteiger partial charge in [-0.2, -0.15) is 13.2 Å². The van der Waals surface area contributed by atoms with Crippen molar-refractivity contribution >= 4 is 76.6 Å². The quantitative estimate of drug-likeness (QED) is 0.184. The van der Waals surface area contributed by atoms with Crippen LogP contribution in [0.1, 0.15) is 185 Å². The minimum atomic E-state index is -4.73. The molecule has 3 aliphatic carbocycles. The van der Waals surface area contributed by atoms with E-state index in [-0.39, 0.29) is 93.9 Å². The second kappa shape index (κ2) is 33.3. The lowest BCUT2D eigenvalue weighted by Gasteiger charge is -2.49. The van der Waals surface area contributed by atoms with E-state index in [1.807, 2.05) is 11.8 Å². The maximum atomic E-state index is 14.9. The minimum Gasteiger partial charge on any atom is -0.359 e. The summed E-state index contributed by atoms with van der Waals surface area (Å²) in [6.07, 6.45) is 9.35. The van der Waals surface area contributed by atoms with Gasteiger partial charge in [-0.15, -0.1) is 0 Å². The number of amides is 11. The van der Waals surface area contributed by atoms with E-state index in [0.29, 0.717) is 62.0 Å². The fourth-order valence-corrected chi connectivity index (χ4v) is 16.1. The van der Waals surface area contributed by atoms with Crippen LogP contribution < -0.4 is 21.3 Å². The number of alkyl halides is 3. The second-order valence-electron chi connectivity index (χ2n) is 28.8. The highest BCUT2D eigenvalue weighted by Gasteiger charge is 2.49. The van der Waals surface area contributed by atoms with Crippen LogP contribution in [0.4, 0.5) is 13.2 Å². The molecule has 0 aromatic heterocycles. The Labute approximate surface area is 584 Å². The second-order valence-corrected chi connectivity index (χ2v) is 29.2. The summed E-state index contributed by atoms with van der Waals surface area (Å²) in [5, 5.41) is 10.7. The Morgan fingerprint density at radius 3 is 1.89 bits per heavy atom. The van der Waals surface area contributed by atoms with Crippen LogP contribution in [0.3, 0.4) is 0 Å². The summed E-state index contributed by atoms with van der Waals surface area (Å²) in [7, 11) is 7.91. The number of carbonyl (C=O) groups is 11. The largest absolute Gasteiger partial charge is 0.417 e. The molecule has 7 fully saturated rings. The SMILES string of the molecule is C=C1NC(=O)[C@H]([C@@H](C)CC)NC(=O)[C@H](CC2CCCC2)N(C)C(=O)C[C@H]2C(=O)N3CCC3=C(C(=C3CCCC3)N(C)C(=O)CCCCNC(=O)[C@@H]3CCCN3C(=O)[C@H](CCc3ccc(C(F)(F)F)c(Cl)c3)NC(=O)CN(C)C(=O)[C@H](CC3CCCCC3)N(C)C(=O)[C@@H]3CCN3C1=O)N2C. The number of rotatable bonds is 9. The summed E-state index contributed by atoms with van der Waals surface area (Å²) in [6, 6.07) is -4.50. The van der Waals surface area contributed by atoms with Crippen LogP contribution in [-0.2, 0) is 65.3 Å². The highest BCUT2D eigenvalue weighted by Crippen LogP contribution is 2.43. The third-order valence-electron chi connectivity index (χ3n) is 22.3. The highest BCUT2D eigenvalue weighted by atomic mass is 35.5. The van der Waals surface area contributed by atoms with Crippen molar-refractivity contribution in [2.75, 3.05) is 68.0 Å². The number of carbonyl (C=O) groups excluding carboxylic acids is 11. The number of likely N-dealkylation sites (N-methyl/N-ethyl adjacent to an activating group) is 5. The Balaban J connectivity index is 1.00. The van der Waals surface area contributed by atoms with Crippen molar-refractivity contribution in [2.24, 2.45) is 17.8 Å². The Morgan fingerprint density at radius 2 is 1.27 bits per heavy atom. The van der Waals surface area contributed by atoms with E-state index in [1.54, 1.807) is 37.9 Å². The molecule has 0 radical (unpaired) electrons. The van der Waals surface area contributed by atoms with Crippen LogP contribution in [0.25, 0.3) is 0 Å². The standard InChI is InChI=1S/C72H102ClF3N12O11/c1-9-43(2)61-66(94)78-44(3)67(95)88-37-33-54(88)70(98)84(7)56(40-46-20-11-10-12-21-46)69(97)81(4)42-58(89)79-51(31-29-47-28-30-49(50(73)38-47)72(74,75)76)68(96)86-35-19-26-53(86)64(92)77-34-18-17-27-59(90)85(8)62(48-24-15-16-25-48)63-52-32-36-87(52)71(99)57(83(63)6)41-60(91)82(5)55(65(93)80-61)39-45-22-13-14-23-45/h28,30,38,43,45-46,51,53-57,61H,3,9-27,29,31-37,39-42H2,1-2,4-8H3,(H,77,92)(H,78,94)(H,79,89)(H,80,93)/t43-,51-,53-,54-,55-,56-,57-,61-/m0/s1. The van der Waals surface area contributed by atoms with Crippen LogP contribution in [0, 0.1) is 17.8 Å². The van der Waals surface area contributed by atoms with E-state index in [4.69, 9.17) is 11.6 Å². The predicted octanol–water partition coefficient (Wildman–Crippen LogP) is 6.93. The molecule has 2 bridgehead atoms. The fraction of sp³-hybridized carbons (Fsp3) is 0.681. The van der Waals surface area contributed by atoms with Crippen molar-refractivity contribution in [3.05, 3.63) is 69.3 Å². The van der Waals surface area contributed by atoms with Crippen molar-refractivity contribution in [1.82, 2.24) is 60.5 Å². The van der Waals surface area contributed by atoms with Gasteiger partial charge in [0.2, 0.25) is 59.1 Å². The van der Waals surface area contributed by atoms with Gasteiger partial charge in [0.15, 0.2) is 0 Å². The van der Waals surface area contributed by atoms with Crippen LogP contribution in [0.5, 0.6) is 0 Å². The summed E-state index contributed by atoms with van der Waals surface area (Å²) in [4.78, 5) is 172. The molecule has 99 heavy (non-hydrogen) atoms. The average Bonchev–Trinajstić information content (AvgIpc) is 1.17. The van der Waals surface area contributed by atoms with Crippen molar-refractivity contribution in [3.63, 3.8) is 0 Å². The molecule has 1 aromatic rings. The van der Waals surface area contributed by atoms with E-state index in [1.165, 1.54) is 39.8 Å². The zero-order chi connectivity index (χ0) is 71.7. The lowest BCUT2D eigenvalue weighted by atomic mass is 9.84. The van der Waals surface area contributed by atoms with E-state index >= 15 is 0 Å². The molecule has 0 spiro atoms. The third kappa shape index (κ3) is 17.6. The molecule has 27 heteroatoms. The lowest BCUT2D eigenvalue weighted by molar-refractivity contribution is -0.155. The summed E-state index contributed by atoms with van der Waals surface area (Å²) >= 11 is 6.12. The molecule has 4 saturated heterocycles. The number of benzene rings is 1. The number of nitrogens with zero attached hydrogens (tertiary/aromatic N) is 8. The van der Waals surface area contributed by atoms with Gasteiger partial charge in [-0.3, -0.25) is 52.7 Å². The van der Waals surface area contributed by atoms with Crippen LogP contribution in [-0.4, -0.2) is 214 Å². The molecule has 4 N–H and O–H groups in total. The predicted molar refractivity (Wildman–Crippen MR) is 363 cm³/mol. The normalized spacial score (nSPS) is 27.4. The van der Waals surface area contributed by atoms with Gasteiger partial charge in [-0.1, -0.05) is 102 Å². The Bertz CT molecular complexity index is 3320. The number of halogens is 4. The first-order chi connectivity index (χ1) is 47.1. The number of hydrogen-bond acceptors (Lipinski definition) is 12. The zero-order valence-corrected chi connectivity index (χ0v) is 59.5. The van der Waals surface area contributed by atoms with E-state index < -0.39 is 125 Å². The summed E-state index contributed by atoms with van der Waals surface area (Å²) in [6.45, 7) is 7.80. The minimum absolute atomic E-state index is 0.0261. The molecule has 1 aromatic carbocycles. The monoisotopic (exact) mass is 1400 g/mol. The number of nitrogens with one attached hydrogen (secondary N) is 4. The van der Waals surface area contributed by atoms with Gasteiger partial charge in [-0.25, -0.2) is 0 Å². The van der Waals surface area contributed by atoms with Crippen molar-refractivity contribution in [3.8, 4) is 0 Å². The van der Waals surface area contributed by atoms with Crippen LogP contribution in [0.15, 0.2) is 53.1 Å². The molecule has 544 valence electrons. The highest BCUT2D eigenvalue weighted by molar-refractivity contribution is 6.31. The Morgan fingerprint density at radius 1 is 0.616 bits per heavy atom. The van der Waals surface area contributed by atoms with E-state index in [0.717, 1.165) is 112 Å². The van der Waals surface area contributed by atoms with Gasteiger partial charge in [-0.05, 0) is 124 Å². The van der Waals surface area contributed by atoms with Crippen LogP contribution in [0.2, 0.25) is 5.02 Å². The molecule has 5 heterocycles. The summed E-state index contributed by atoms with van der Waals surface area (Å²) < 4.78 is 41.3. The number of hydrogen-bond donors (Lipinski definition) is 4. The fourth-order valence-electron chi connectivity index (χ4n) is 15.8. The third-order valence-corrected chi connectivity index (χ3v) is 22.6. The summed E-state index contributed by atoms with van der Waals surface area (Å²) in [5.41, 5.74) is 2.12. The maximum Gasteiger partial charge on any atom is 0.417 e. The molecule has 23 nitrogen and oxygen atoms in total. The van der Waals surface area contributed by atoms with E-state index in [2.05, 4.69) is 27.8 Å². The van der Waals surface area contributed by atoms with Gasteiger partial charge in [0.25, 0.3) is 5.91 Å². The molecular formula is C72H102ClF3N12O11. The molecule has 11 amide bonds. The van der Waals surface area contributed by atoms with Crippen molar-refractivity contribution in [1.29, 1.82) is 0 Å². The first-order valence-corrected chi connectivity index (χ1v) is 36.4. The number of fused-ring (bicyclic) bond motifs is 5. The Hall–Kier alpha value is -7.51. The van der Waals surface area contributed by atoms with Gasteiger partial charge < -0.3 is 60.5 Å². The van der Waals surface area contributed by atoms with Crippen LogP contribution >= 0.6 is 11.6 Å². The smallest absolute Gasteiger partial charge is 0.359 e. The number of allylic oxidation sites excluding steroid dienone is 1. The summed E-state index contributed by atoms with van der Waals surface area (Å²) in [5.74, 6) is -6.39. The molecule has 3 saturated carbocycles. The van der Waals surface area contributed by atoms with Gasteiger partial charge in [0, 0.05) is 80.0 Å². The van der Waals surface area contributed by atoms with E-state index in [9.17, 15) is 65.9 Å². The molecule has 8 aliphatic rings. The lowest BCUT2D eigenvalue weighted by Crippen LogP contribution is -2.62. The molecule has 5 aliphatic heterocycles. The average molecular weight is 1400 g/mol. The van der Waals surface area contributed by atoms with Crippen molar-refractivity contribution < 1.29 is 65.9 Å². The van der Waals surface area contributed by atoms with Gasteiger partial charge in [0.05, 0.1) is 40.6 Å². The molecule has 8 atom stereocenters.